The fraction of sp³-hybridized carbons (Fsp3) is 0.600. The number of halogens is 2. The first kappa shape index (κ1) is 13.0. The summed E-state index contributed by atoms with van der Waals surface area (Å²) < 4.78 is 26.3. The molecule has 4 heteroatoms. The zero-order chi connectivity index (χ0) is 13.4. The Morgan fingerprint density at radius 2 is 2.11 bits per heavy atom. The summed E-state index contributed by atoms with van der Waals surface area (Å²) in [5, 5.41) is 13.3. The fourth-order valence-electron chi connectivity index (χ4n) is 3.64. The van der Waals surface area contributed by atoms with Gasteiger partial charge in [0.05, 0.1) is 6.10 Å². The van der Waals surface area contributed by atoms with Gasteiger partial charge in [0.15, 0.2) is 0 Å². The number of hydrogen-bond acceptors (Lipinski definition) is 2. The van der Waals surface area contributed by atoms with Gasteiger partial charge in [0.2, 0.25) is 0 Å². The Kier molecular flexibility index (Phi) is 3.54. The summed E-state index contributed by atoms with van der Waals surface area (Å²) in [6, 6.07) is 3.77. The molecule has 4 unspecified atom stereocenters. The van der Waals surface area contributed by atoms with Gasteiger partial charge in [-0.2, -0.15) is 0 Å². The molecular weight excluding hydrogens is 248 g/mol. The van der Waals surface area contributed by atoms with Crippen LogP contribution in [0.2, 0.25) is 0 Å². The smallest absolute Gasteiger partial charge is 0.131 e. The maximum atomic E-state index is 13.5. The van der Waals surface area contributed by atoms with E-state index in [0.717, 1.165) is 17.9 Å². The van der Waals surface area contributed by atoms with Crippen LogP contribution in [0.4, 0.5) is 8.78 Å². The summed E-state index contributed by atoms with van der Waals surface area (Å²) >= 11 is 0. The van der Waals surface area contributed by atoms with Crippen molar-refractivity contribution in [2.45, 2.75) is 37.8 Å². The summed E-state index contributed by atoms with van der Waals surface area (Å²) in [5.74, 6) is 0.259. The highest BCUT2D eigenvalue weighted by molar-refractivity contribution is 5.21. The molecule has 4 atom stereocenters. The van der Waals surface area contributed by atoms with Crippen molar-refractivity contribution in [3.05, 3.63) is 35.4 Å². The van der Waals surface area contributed by atoms with Crippen LogP contribution in [-0.2, 0) is 0 Å². The second-order valence-electron chi connectivity index (χ2n) is 5.87. The van der Waals surface area contributed by atoms with Crippen LogP contribution in [0.15, 0.2) is 18.2 Å². The van der Waals surface area contributed by atoms with Gasteiger partial charge in [0.1, 0.15) is 11.6 Å². The van der Waals surface area contributed by atoms with Crippen molar-refractivity contribution in [1.82, 2.24) is 5.32 Å². The van der Waals surface area contributed by atoms with E-state index < -0.39 is 17.7 Å². The van der Waals surface area contributed by atoms with E-state index >= 15 is 0 Å². The minimum Gasteiger partial charge on any atom is -0.387 e. The third kappa shape index (κ3) is 2.65. The maximum absolute atomic E-state index is 13.5. The van der Waals surface area contributed by atoms with E-state index in [4.69, 9.17) is 0 Å². The number of benzene rings is 1. The fourth-order valence-corrected chi connectivity index (χ4v) is 3.64. The second-order valence-corrected chi connectivity index (χ2v) is 5.87. The molecule has 0 saturated heterocycles. The van der Waals surface area contributed by atoms with Crippen molar-refractivity contribution in [2.75, 3.05) is 6.54 Å². The molecule has 3 rings (SSSR count). The Hall–Kier alpha value is -1.00. The number of aliphatic hydroxyl groups excluding tert-OH is 1. The lowest BCUT2D eigenvalue weighted by Gasteiger charge is -2.24. The van der Waals surface area contributed by atoms with E-state index in [2.05, 4.69) is 5.32 Å². The molecule has 0 spiro atoms. The van der Waals surface area contributed by atoms with E-state index in [0.29, 0.717) is 12.6 Å². The summed E-state index contributed by atoms with van der Waals surface area (Å²) in [6.45, 7) is 0.330. The van der Waals surface area contributed by atoms with Crippen molar-refractivity contribution in [1.29, 1.82) is 0 Å². The van der Waals surface area contributed by atoms with Crippen molar-refractivity contribution in [2.24, 2.45) is 11.8 Å². The van der Waals surface area contributed by atoms with Gasteiger partial charge in [-0.3, -0.25) is 0 Å². The highest BCUT2D eigenvalue weighted by Gasteiger charge is 2.39. The zero-order valence-corrected chi connectivity index (χ0v) is 10.8. The number of hydrogen-bond donors (Lipinski definition) is 2. The van der Waals surface area contributed by atoms with E-state index in [9.17, 15) is 13.9 Å². The molecule has 2 fully saturated rings. The van der Waals surface area contributed by atoms with Gasteiger partial charge in [-0.1, -0.05) is 12.5 Å². The van der Waals surface area contributed by atoms with E-state index in [1.54, 1.807) is 0 Å². The molecule has 0 aliphatic heterocycles. The van der Waals surface area contributed by atoms with Gasteiger partial charge >= 0.3 is 0 Å². The van der Waals surface area contributed by atoms with E-state index in [-0.39, 0.29) is 5.56 Å². The van der Waals surface area contributed by atoms with Crippen LogP contribution >= 0.6 is 0 Å². The molecule has 0 radical (unpaired) electrons. The standard InChI is InChI=1S/C15H19F2NO/c16-11-3-4-12(13(17)7-11)15(19)8-18-14-6-9-1-2-10(14)5-9/h3-4,7,9-10,14-15,18-19H,1-2,5-6,8H2. The Morgan fingerprint density at radius 3 is 2.74 bits per heavy atom. The number of nitrogens with one attached hydrogen (secondary N) is 1. The van der Waals surface area contributed by atoms with Crippen LogP contribution < -0.4 is 5.32 Å². The molecule has 0 aromatic heterocycles. The second kappa shape index (κ2) is 5.17. The summed E-state index contributed by atoms with van der Waals surface area (Å²) in [4.78, 5) is 0. The Labute approximate surface area is 111 Å². The van der Waals surface area contributed by atoms with E-state index in [1.807, 2.05) is 0 Å². The average Bonchev–Trinajstić information content (AvgIpc) is 2.98. The van der Waals surface area contributed by atoms with Crippen molar-refractivity contribution in [3.63, 3.8) is 0 Å². The molecular formula is C15H19F2NO. The lowest BCUT2D eigenvalue weighted by molar-refractivity contribution is 0.159. The molecule has 1 aromatic carbocycles. The Balaban J connectivity index is 1.57. The van der Waals surface area contributed by atoms with Crippen molar-refractivity contribution >= 4 is 0 Å². The molecule has 2 aliphatic carbocycles. The number of fused-ring (bicyclic) bond motifs is 2. The molecule has 2 bridgehead atoms. The minimum absolute atomic E-state index is 0.164. The third-order valence-electron chi connectivity index (χ3n) is 4.63. The van der Waals surface area contributed by atoms with Crippen LogP contribution in [0.3, 0.4) is 0 Å². The predicted molar refractivity (Wildman–Crippen MR) is 68.6 cm³/mol. The third-order valence-corrected chi connectivity index (χ3v) is 4.63. The molecule has 1 aromatic rings. The molecule has 2 nitrogen and oxygen atoms in total. The quantitative estimate of drug-likeness (QED) is 0.879. The molecule has 0 heterocycles. The Morgan fingerprint density at radius 1 is 1.26 bits per heavy atom. The lowest BCUT2D eigenvalue weighted by atomic mass is 9.95. The minimum atomic E-state index is -0.917. The van der Waals surface area contributed by atoms with Gasteiger partial charge in [0.25, 0.3) is 0 Å². The monoisotopic (exact) mass is 267 g/mol. The van der Waals surface area contributed by atoms with Crippen LogP contribution in [0.1, 0.15) is 37.4 Å². The summed E-state index contributed by atoms with van der Waals surface area (Å²) in [6.07, 6.45) is 4.14. The van der Waals surface area contributed by atoms with Gasteiger partial charge in [-0.05, 0) is 37.2 Å². The molecule has 104 valence electrons. The number of aliphatic hydroxyl groups is 1. The topological polar surface area (TPSA) is 32.3 Å². The first-order valence-electron chi connectivity index (χ1n) is 7.00. The predicted octanol–water partition coefficient (Wildman–Crippen LogP) is 2.78. The van der Waals surface area contributed by atoms with Crippen LogP contribution in [-0.4, -0.2) is 17.7 Å². The first-order chi connectivity index (χ1) is 9.13. The van der Waals surface area contributed by atoms with Crippen molar-refractivity contribution < 1.29 is 13.9 Å². The normalized spacial score (nSPS) is 30.8. The molecule has 19 heavy (non-hydrogen) atoms. The molecule has 2 saturated carbocycles. The SMILES string of the molecule is OC(CNC1CC2CCC1C2)c1ccc(F)cc1F. The molecule has 0 amide bonds. The van der Waals surface area contributed by atoms with Crippen molar-refractivity contribution in [3.8, 4) is 0 Å². The first-order valence-corrected chi connectivity index (χ1v) is 7.00. The van der Waals surface area contributed by atoms with Gasteiger partial charge in [-0.15, -0.1) is 0 Å². The average molecular weight is 267 g/mol. The van der Waals surface area contributed by atoms with Gasteiger partial charge in [-0.25, -0.2) is 8.78 Å². The van der Waals surface area contributed by atoms with Crippen LogP contribution in [0.25, 0.3) is 0 Å². The summed E-state index contributed by atoms with van der Waals surface area (Å²) in [7, 11) is 0. The summed E-state index contributed by atoms with van der Waals surface area (Å²) in [5.41, 5.74) is 0.164. The maximum Gasteiger partial charge on any atom is 0.131 e. The van der Waals surface area contributed by atoms with E-state index in [1.165, 1.54) is 37.8 Å². The van der Waals surface area contributed by atoms with Gasteiger partial charge < -0.3 is 10.4 Å². The highest BCUT2D eigenvalue weighted by Crippen LogP contribution is 2.44. The Bertz CT molecular complexity index is 465. The highest BCUT2D eigenvalue weighted by atomic mass is 19.1. The number of rotatable bonds is 4. The van der Waals surface area contributed by atoms with Gasteiger partial charge in [0, 0.05) is 24.2 Å². The largest absolute Gasteiger partial charge is 0.387 e. The molecule has 2 aliphatic rings. The van der Waals surface area contributed by atoms with Crippen LogP contribution in [0.5, 0.6) is 0 Å². The lowest BCUT2D eigenvalue weighted by Crippen LogP contribution is -2.36. The zero-order valence-electron chi connectivity index (χ0n) is 10.8. The van der Waals surface area contributed by atoms with Crippen LogP contribution in [0, 0.1) is 23.5 Å². The molecule has 2 N–H and O–H groups in total.